The Balaban J connectivity index is 1.50. The van der Waals surface area contributed by atoms with Crippen LogP contribution >= 0.6 is 15.9 Å². The summed E-state index contributed by atoms with van der Waals surface area (Å²) in [5, 5.41) is 23.8. The van der Waals surface area contributed by atoms with Crippen molar-refractivity contribution in [1.82, 2.24) is 30.6 Å². The Morgan fingerprint density at radius 3 is 2.66 bits per heavy atom. The topological polar surface area (TPSA) is 167 Å². The van der Waals surface area contributed by atoms with Crippen molar-refractivity contribution in [2.24, 2.45) is 0 Å². The predicted molar refractivity (Wildman–Crippen MR) is 112 cm³/mol. The van der Waals surface area contributed by atoms with E-state index in [-0.39, 0.29) is 47.5 Å². The lowest BCUT2D eigenvalue weighted by Gasteiger charge is -2.07. The Kier molecular flexibility index (Phi) is 7.14. The normalized spacial score (nSPS) is 10.6. The molecule has 2 heterocycles. The molecule has 0 unspecified atom stereocenters. The molecule has 168 valence electrons. The van der Waals surface area contributed by atoms with Gasteiger partial charge < -0.3 is 30.0 Å². The summed E-state index contributed by atoms with van der Waals surface area (Å²) in [6.07, 6.45) is 0. The summed E-state index contributed by atoms with van der Waals surface area (Å²) in [6, 6.07) is 6.67. The highest BCUT2D eigenvalue weighted by Gasteiger charge is 2.25. The van der Waals surface area contributed by atoms with E-state index in [0.717, 1.165) is 0 Å². The number of nitrogens with one attached hydrogen (secondary N) is 2. The van der Waals surface area contributed by atoms with Gasteiger partial charge in [0.2, 0.25) is 0 Å². The maximum atomic E-state index is 12.2. The number of hydrogen-bond donors (Lipinski definition) is 2. The first-order valence-corrected chi connectivity index (χ1v) is 9.99. The second-order valence-electron chi connectivity index (χ2n) is 6.40. The quantitative estimate of drug-likeness (QED) is 0.247. The number of halogens is 1. The van der Waals surface area contributed by atoms with Crippen molar-refractivity contribution in [3.05, 3.63) is 61.8 Å². The van der Waals surface area contributed by atoms with Gasteiger partial charge in [-0.05, 0) is 46.0 Å². The van der Waals surface area contributed by atoms with Crippen molar-refractivity contribution in [2.75, 3.05) is 20.2 Å². The van der Waals surface area contributed by atoms with Crippen LogP contribution < -0.4 is 15.4 Å². The second-order valence-corrected chi connectivity index (χ2v) is 7.19. The average molecular weight is 508 g/mol. The first kappa shape index (κ1) is 22.9. The van der Waals surface area contributed by atoms with E-state index in [4.69, 9.17) is 9.26 Å². The molecule has 0 saturated heterocycles. The zero-order valence-electron chi connectivity index (χ0n) is 17.0. The number of aromatic nitrogens is 4. The summed E-state index contributed by atoms with van der Waals surface area (Å²) < 4.78 is 11.6. The standard InChI is InChI=1S/C18H18BrN7O6/c1-10-14(19)15(26(29)30)23-25(10)9-13-22-18(32-24-13)17(28)21-7-6-20-16(27)11-4-3-5-12(8-11)31-2/h3-5,8H,6-7,9H2,1-2H3,(H,20,27)(H,21,28). The number of nitro groups is 1. The molecule has 0 aliphatic heterocycles. The summed E-state index contributed by atoms with van der Waals surface area (Å²) >= 11 is 3.12. The fourth-order valence-electron chi connectivity index (χ4n) is 2.62. The molecule has 32 heavy (non-hydrogen) atoms. The molecule has 2 N–H and O–H groups in total. The average Bonchev–Trinajstić information content (AvgIpc) is 3.37. The number of nitrogens with zero attached hydrogens (tertiary/aromatic N) is 5. The molecule has 2 amide bonds. The molecule has 0 atom stereocenters. The molecular formula is C18H18BrN7O6. The molecule has 1 aromatic carbocycles. The highest BCUT2D eigenvalue weighted by molar-refractivity contribution is 9.10. The molecule has 2 aromatic heterocycles. The van der Waals surface area contributed by atoms with Crippen LogP contribution in [0.25, 0.3) is 0 Å². The highest BCUT2D eigenvalue weighted by Crippen LogP contribution is 2.27. The van der Waals surface area contributed by atoms with Crippen LogP contribution in [0.2, 0.25) is 0 Å². The SMILES string of the molecule is COc1cccc(C(=O)NCCNC(=O)c2nc(Cn3nc([N+](=O)[O-])c(Br)c3C)no2)c1. The Hall–Kier alpha value is -3.81. The van der Waals surface area contributed by atoms with E-state index in [1.165, 1.54) is 11.8 Å². The molecule has 0 radical (unpaired) electrons. The molecule has 14 heteroatoms. The lowest BCUT2D eigenvalue weighted by Crippen LogP contribution is -2.34. The van der Waals surface area contributed by atoms with E-state index < -0.39 is 10.8 Å². The van der Waals surface area contributed by atoms with Crippen LogP contribution in [-0.4, -0.2) is 56.9 Å². The number of carbonyl (C=O) groups excluding carboxylic acids is 2. The minimum Gasteiger partial charge on any atom is -0.497 e. The van der Waals surface area contributed by atoms with Gasteiger partial charge in [0.25, 0.3) is 5.91 Å². The van der Waals surface area contributed by atoms with E-state index in [1.807, 2.05) is 0 Å². The van der Waals surface area contributed by atoms with E-state index in [9.17, 15) is 19.7 Å². The van der Waals surface area contributed by atoms with Crippen molar-refractivity contribution in [3.8, 4) is 5.75 Å². The summed E-state index contributed by atoms with van der Waals surface area (Å²) in [5.41, 5.74) is 0.928. The minimum absolute atomic E-state index is 0.0222. The number of amides is 2. The highest BCUT2D eigenvalue weighted by atomic mass is 79.9. The molecule has 0 spiro atoms. The van der Waals surface area contributed by atoms with E-state index in [1.54, 1.807) is 31.2 Å². The van der Waals surface area contributed by atoms with Crippen molar-refractivity contribution < 1.29 is 23.8 Å². The van der Waals surface area contributed by atoms with Gasteiger partial charge in [0.15, 0.2) is 5.82 Å². The van der Waals surface area contributed by atoms with Crippen LogP contribution in [0.4, 0.5) is 5.82 Å². The molecule has 0 fully saturated rings. The third kappa shape index (κ3) is 5.26. The summed E-state index contributed by atoms with van der Waals surface area (Å²) in [5.74, 6) is -0.867. The van der Waals surface area contributed by atoms with Gasteiger partial charge in [-0.25, -0.2) is 0 Å². The molecule has 0 aliphatic rings. The van der Waals surface area contributed by atoms with Crippen LogP contribution in [0.5, 0.6) is 5.75 Å². The lowest BCUT2D eigenvalue weighted by molar-refractivity contribution is -0.390. The van der Waals surface area contributed by atoms with Gasteiger partial charge in [0.1, 0.15) is 16.8 Å². The smallest absolute Gasteiger partial charge is 0.404 e. The number of methoxy groups -OCH3 is 1. The zero-order chi connectivity index (χ0) is 23.3. The van der Waals surface area contributed by atoms with Crippen LogP contribution in [-0.2, 0) is 6.54 Å². The minimum atomic E-state index is -0.622. The van der Waals surface area contributed by atoms with Crippen molar-refractivity contribution in [2.45, 2.75) is 13.5 Å². The van der Waals surface area contributed by atoms with E-state index >= 15 is 0 Å². The van der Waals surface area contributed by atoms with Gasteiger partial charge in [-0.3, -0.25) is 9.59 Å². The number of carbonyl (C=O) groups is 2. The molecular weight excluding hydrogens is 490 g/mol. The molecule has 0 bridgehead atoms. The Labute approximate surface area is 189 Å². The largest absolute Gasteiger partial charge is 0.497 e. The molecule has 13 nitrogen and oxygen atoms in total. The van der Waals surface area contributed by atoms with E-state index in [2.05, 4.69) is 41.8 Å². The zero-order valence-corrected chi connectivity index (χ0v) is 18.6. The van der Waals surface area contributed by atoms with Crippen LogP contribution in [0.3, 0.4) is 0 Å². The van der Waals surface area contributed by atoms with Crippen molar-refractivity contribution >= 4 is 33.6 Å². The molecule has 0 saturated carbocycles. The van der Waals surface area contributed by atoms with Crippen molar-refractivity contribution in [3.63, 3.8) is 0 Å². The third-order valence-corrected chi connectivity index (χ3v) is 5.20. The van der Waals surface area contributed by atoms with Gasteiger partial charge in [0.05, 0.1) is 17.9 Å². The fourth-order valence-corrected chi connectivity index (χ4v) is 3.05. The number of rotatable bonds is 9. The van der Waals surface area contributed by atoms with Crippen LogP contribution in [0.1, 0.15) is 32.6 Å². The Morgan fingerprint density at radius 2 is 2.00 bits per heavy atom. The summed E-state index contributed by atoms with van der Waals surface area (Å²) in [7, 11) is 1.51. The molecule has 0 aliphatic carbocycles. The summed E-state index contributed by atoms with van der Waals surface area (Å²) in [6.45, 7) is 1.92. The van der Waals surface area contributed by atoms with Gasteiger partial charge >= 0.3 is 17.6 Å². The third-order valence-electron chi connectivity index (χ3n) is 4.27. The van der Waals surface area contributed by atoms with Gasteiger partial charge in [-0.1, -0.05) is 11.2 Å². The number of ether oxygens (including phenoxy) is 1. The maximum absolute atomic E-state index is 12.2. The maximum Gasteiger partial charge on any atom is 0.404 e. The number of hydrogen-bond acceptors (Lipinski definition) is 9. The van der Waals surface area contributed by atoms with E-state index in [0.29, 0.717) is 17.0 Å². The van der Waals surface area contributed by atoms with Crippen LogP contribution in [0, 0.1) is 17.0 Å². The van der Waals surface area contributed by atoms with Gasteiger partial charge in [-0.2, -0.15) is 9.67 Å². The molecule has 3 rings (SSSR count). The first-order valence-electron chi connectivity index (χ1n) is 9.20. The molecule has 3 aromatic rings. The van der Waals surface area contributed by atoms with Crippen molar-refractivity contribution in [1.29, 1.82) is 0 Å². The van der Waals surface area contributed by atoms with Crippen LogP contribution in [0.15, 0.2) is 33.3 Å². The number of benzene rings is 1. The predicted octanol–water partition coefficient (Wildman–Crippen LogP) is 1.46. The lowest BCUT2D eigenvalue weighted by atomic mass is 10.2. The Bertz CT molecular complexity index is 1160. The Morgan fingerprint density at radius 1 is 1.28 bits per heavy atom. The first-order chi connectivity index (χ1) is 15.3. The fraction of sp³-hybridized carbons (Fsp3) is 0.278. The van der Waals surface area contributed by atoms with Gasteiger partial charge in [0, 0.05) is 18.7 Å². The summed E-state index contributed by atoms with van der Waals surface area (Å²) in [4.78, 5) is 38.6. The second kappa shape index (κ2) is 10.00. The van der Waals surface area contributed by atoms with Gasteiger partial charge in [-0.15, -0.1) is 0 Å². The monoisotopic (exact) mass is 507 g/mol.